The van der Waals surface area contributed by atoms with Crippen molar-refractivity contribution in [3.8, 4) is 17.4 Å². The summed E-state index contributed by atoms with van der Waals surface area (Å²) in [7, 11) is 4.42. The Morgan fingerprint density at radius 1 is 0.972 bits per heavy atom. The molecule has 0 spiro atoms. The van der Waals surface area contributed by atoms with Gasteiger partial charge in [-0.1, -0.05) is 11.8 Å². The number of ketones is 1. The van der Waals surface area contributed by atoms with Crippen LogP contribution in [0.15, 0.2) is 17.2 Å². The number of hydrogen-bond donors (Lipinski definition) is 0. The molecule has 0 aliphatic carbocycles. The number of ether oxygens (including phenoxy) is 6. The van der Waals surface area contributed by atoms with Gasteiger partial charge in [0.1, 0.15) is 22.1 Å². The molecule has 0 amide bonds. The molecule has 1 aromatic carbocycles. The highest BCUT2D eigenvalue weighted by atomic mass is 32.2. The van der Waals surface area contributed by atoms with Crippen molar-refractivity contribution in [2.24, 2.45) is 0 Å². The van der Waals surface area contributed by atoms with Crippen LogP contribution in [0.3, 0.4) is 0 Å². The molecule has 0 aliphatic heterocycles. The molecule has 1 aromatic heterocycles. The van der Waals surface area contributed by atoms with Crippen molar-refractivity contribution in [3.63, 3.8) is 0 Å². The van der Waals surface area contributed by atoms with Gasteiger partial charge < -0.3 is 28.4 Å². The lowest BCUT2D eigenvalue weighted by Crippen LogP contribution is -2.16. The van der Waals surface area contributed by atoms with Crippen LogP contribution in [0.1, 0.15) is 67.1 Å². The van der Waals surface area contributed by atoms with Crippen molar-refractivity contribution >= 4 is 23.5 Å². The monoisotopic (exact) mass is 524 g/mol. The molecule has 2 aromatic rings. The van der Waals surface area contributed by atoms with Crippen LogP contribution in [-0.2, 0) is 20.8 Å². The Kier molecular flexibility index (Phi) is 11.5. The molecule has 0 bridgehead atoms. The smallest absolute Gasteiger partial charge is 0.346 e. The molecule has 1 unspecified atom stereocenters. The van der Waals surface area contributed by atoms with Crippen LogP contribution >= 0.6 is 11.8 Å². The number of nitrogens with zero attached hydrogens (tertiary/aromatic N) is 2. The fraction of sp³-hybridized carbons (Fsp3) is 0.560. The lowest BCUT2D eigenvalue weighted by molar-refractivity contribution is -0.0361. The topological polar surface area (TPSA) is 107 Å². The van der Waals surface area contributed by atoms with Gasteiger partial charge in [-0.2, -0.15) is 5.10 Å². The Morgan fingerprint density at radius 2 is 1.61 bits per heavy atom. The minimum absolute atomic E-state index is 0.0382. The first-order chi connectivity index (χ1) is 17.2. The second-order valence-corrected chi connectivity index (χ2v) is 8.83. The predicted octanol–water partition coefficient (Wildman–Crippen LogP) is 4.54. The molecule has 1 heterocycles. The predicted molar refractivity (Wildman–Crippen MR) is 136 cm³/mol. The van der Waals surface area contributed by atoms with Gasteiger partial charge in [-0.3, -0.25) is 4.79 Å². The molecule has 36 heavy (non-hydrogen) atoms. The maximum atomic E-state index is 13.3. The van der Waals surface area contributed by atoms with Crippen molar-refractivity contribution in [3.05, 3.63) is 28.8 Å². The highest BCUT2D eigenvalue weighted by molar-refractivity contribution is 8.00. The molecule has 0 aliphatic rings. The Balaban J connectivity index is 2.42. The lowest BCUT2D eigenvalue weighted by atomic mass is 10.1. The van der Waals surface area contributed by atoms with Gasteiger partial charge in [0, 0.05) is 6.61 Å². The summed E-state index contributed by atoms with van der Waals surface area (Å²) in [4.78, 5) is 26.1. The second-order valence-electron chi connectivity index (χ2n) is 7.86. The Bertz CT molecular complexity index is 1010. The van der Waals surface area contributed by atoms with Crippen LogP contribution in [0.4, 0.5) is 0 Å². The third-order valence-electron chi connectivity index (χ3n) is 4.98. The summed E-state index contributed by atoms with van der Waals surface area (Å²) in [5.74, 6) is 0.0645. The van der Waals surface area contributed by atoms with E-state index in [1.165, 1.54) is 26.0 Å². The molecule has 0 saturated heterocycles. The van der Waals surface area contributed by atoms with E-state index in [4.69, 9.17) is 28.4 Å². The van der Waals surface area contributed by atoms with Crippen LogP contribution in [-0.4, -0.2) is 67.9 Å². The van der Waals surface area contributed by atoms with Crippen LogP contribution < -0.4 is 14.2 Å². The van der Waals surface area contributed by atoms with Crippen LogP contribution in [0.2, 0.25) is 0 Å². The quantitative estimate of drug-likeness (QED) is 0.187. The molecule has 0 saturated carbocycles. The molecule has 0 radical (unpaired) electrons. The second kappa shape index (κ2) is 14.1. The first-order valence-corrected chi connectivity index (χ1v) is 12.7. The summed E-state index contributed by atoms with van der Waals surface area (Å²) < 4.78 is 34.5. The molecule has 1 atom stereocenters. The van der Waals surface area contributed by atoms with Crippen molar-refractivity contribution in [2.45, 2.75) is 58.6 Å². The molecule has 11 heteroatoms. The molecule has 0 N–H and O–H groups in total. The minimum Gasteiger partial charge on any atom is -0.496 e. The van der Waals surface area contributed by atoms with E-state index in [-0.39, 0.29) is 35.7 Å². The van der Waals surface area contributed by atoms with Crippen molar-refractivity contribution in [1.29, 1.82) is 0 Å². The van der Waals surface area contributed by atoms with E-state index >= 15 is 0 Å². The number of carbonyl (C=O) groups excluding carboxylic acids is 2. The molecular formula is C25H36N2O8S. The molecule has 2 rings (SSSR count). The summed E-state index contributed by atoms with van der Waals surface area (Å²) in [6, 6.07) is 3.51. The van der Waals surface area contributed by atoms with Gasteiger partial charge in [0.25, 0.3) is 0 Å². The van der Waals surface area contributed by atoms with Gasteiger partial charge >= 0.3 is 5.97 Å². The van der Waals surface area contributed by atoms with E-state index in [1.807, 2.05) is 20.8 Å². The maximum Gasteiger partial charge on any atom is 0.346 e. The maximum absolute atomic E-state index is 13.3. The zero-order valence-corrected chi connectivity index (χ0v) is 23.0. The number of aromatic nitrogens is 2. The van der Waals surface area contributed by atoms with Gasteiger partial charge in [-0.25, -0.2) is 9.48 Å². The van der Waals surface area contributed by atoms with Gasteiger partial charge in [0.05, 0.1) is 46.4 Å². The number of thioether (sulfide) groups is 1. The van der Waals surface area contributed by atoms with Crippen molar-refractivity contribution < 1.29 is 38.0 Å². The molecule has 200 valence electrons. The van der Waals surface area contributed by atoms with Crippen molar-refractivity contribution in [2.75, 3.05) is 40.3 Å². The van der Waals surface area contributed by atoms with Crippen molar-refractivity contribution in [1.82, 2.24) is 9.78 Å². The SMILES string of the molecule is CCOCc1cc(OC)c(C(=O)CSc2nn(C(C)OC(C)C)c(OC)c2C(=O)OCC)c(OC)c1. The van der Waals surface area contributed by atoms with Gasteiger partial charge in [0.2, 0.25) is 5.88 Å². The zero-order chi connectivity index (χ0) is 26.8. The fourth-order valence-corrected chi connectivity index (χ4v) is 4.39. The number of Topliss-reactive ketones (excluding diaryl/α,β-unsaturated/α-hetero) is 1. The Morgan fingerprint density at radius 3 is 2.11 bits per heavy atom. The first-order valence-electron chi connectivity index (χ1n) is 11.7. The van der Waals surface area contributed by atoms with E-state index < -0.39 is 12.2 Å². The van der Waals surface area contributed by atoms with E-state index in [0.717, 1.165) is 17.3 Å². The Hall–Kier alpha value is -2.76. The highest BCUT2D eigenvalue weighted by Gasteiger charge is 2.30. The number of rotatable bonds is 15. The summed E-state index contributed by atoms with van der Waals surface area (Å²) in [5, 5.41) is 4.83. The zero-order valence-electron chi connectivity index (χ0n) is 22.2. The fourth-order valence-electron chi connectivity index (χ4n) is 3.52. The van der Waals surface area contributed by atoms with Gasteiger partial charge in [-0.15, -0.1) is 0 Å². The normalized spacial score (nSPS) is 11.9. The van der Waals surface area contributed by atoms with Crippen LogP contribution in [0.5, 0.6) is 17.4 Å². The van der Waals surface area contributed by atoms with Gasteiger partial charge in [0.15, 0.2) is 17.6 Å². The third kappa shape index (κ3) is 7.14. The number of carbonyl (C=O) groups is 2. The largest absolute Gasteiger partial charge is 0.496 e. The van der Waals surface area contributed by atoms with Crippen LogP contribution in [0, 0.1) is 0 Å². The average molecular weight is 525 g/mol. The minimum atomic E-state index is -0.595. The Labute approximate surface area is 216 Å². The summed E-state index contributed by atoms with van der Waals surface area (Å²) in [5.41, 5.74) is 1.26. The number of hydrogen-bond acceptors (Lipinski definition) is 10. The van der Waals surface area contributed by atoms with Crippen LogP contribution in [0.25, 0.3) is 0 Å². The van der Waals surface area contributed by atoms with E-state index in [0.29, 0.717) is 35.3 Å². The van der Waals surface area contributed by atoms with E-state index in [9.17, 15) is 9.59 Å². The van der Waals surface area contributed by atoms with E-state index in [2.05, 4.69) is 5.10 Å². The third-order valence-corrected chi connectivity index (χ3v) is 5.94. The average Bonchev–Trinajstić information content (AvgIpc) is 3.23. The summed E-state index contributed by atoms with van der Waals surface area (Å²) >= 11 is 1.09. The van der Waals surface area contributed by atoms with E-state index in [1.54, 1.807) is 26.0 Å². The summed E-state index contributed by atoms with van der Waals surface area (Å²) in [6.07, 6.45) is -0.598. The van der Waals surface area contributed by atoms with Gasteiger partial charge in [-0.05, 0) is 52.3 Å². The summed E-state index contributed by atoms with van der Waals surface area (Å²) in [6.45, 7) is 10.3. The number of esters is 1. The molecular weight excluding hydrogens is 488 g/mol. The number of methoxy groups -OCH3 is 3. The number of benzene rings is 1. The highest BCUT2D eigenvalue weighted by Crippen LogP contribution is 2.36. The lowest BCUT2D eigenvalue weighted by Gasteiger charge is -2.18. The first kappa shape index (κ1) is 29.5. The molecule has 10 nitrogen and oxygen atoms in total. The standard InChI is InChI=1S/C25H36N2O8S/c1-9-33-13-17-11-19(30-6)21(20(12-17)31-7)18(28)14-36-23-22(25(29)34-10-2)24(32-8)27(26-23)16(5)35-15(3)4/h11-12,15-16H,9-10,13-14H2,1-8H3. The molecule has 0 fully saturated rings.